The molecule has 0 fully saturated rings. The standard InChI is InChI=1S/C21H21N3O4/c1-13(25)23-16-7-5-6-14(10-16)20(26)24-19(21(27)28-2)11-15-12-22-18-9-4-3-8-17(15)18/h3-10,12,19,22H,11H2,1-2H3,(H,23,25)(H,24,26)/t19-/m1/s1. The summed E-state index contributed by atoms with van der Waals surface area (Å²) in [6.07, 6.45) is 2.11. The predicted octanol–water partition coefficient (Wildman–Crippen LogP) is 2.64. The second-order valence-corrected chi connectivity index (χ2v) is 6.37. The summed E-state index contributed by atoms with van der Waals surface area (Å²) < 4.78 is 4.87. The summed E-state index contributed by atoms with van der Waals surface area (Å²) >= 11 is 0. The van der Waals surface area contributed by atoms with Crippen molar-refractivity contribution in [3.05, 3.63) is 65.9 Å². The van der Waals surface area contributed by atoms with Crippen LogP contribution in [0.3, 0.4) is 0 Å². The van der Waals surface area contributed by atoms with Crippen LogP contribution in [-0.2, 0) is 20.7 Å². The van der Waals surface area contributed by atoms with Crippen LogP contribution in [-0.4, -0.2) is 35.9 Å². The third kappa shape index (κ3) is 4.37. The lowest BCUT2D eigenvalue weighted by Gasteiger charge is -2.16. The topological polar surface area (TPSA) is 100 Å². The molecular formula is C21H21N3O4. The number of aromatic nitrogens is 1. The molecule has 7 nitrogen and oxygen atoms in total. The van der Waals surface area contributed by atoms with E-state index in [-0.39, 0.29) is 12.3 Å². The number of para-hydroxylation sites is 1. The van der Waals surface area contributed by atoms with Gasteiger partial charge < -0.3 is 20.4 Å². The van der Waals surface area contributed by atoms with Gasteiger partial charge in [-0.15, -0.1) is 0 Å². The van der Waals surface area contributed by atoms with Gasteiger partial charge in [-0.25, -0.2) is 4.79 Å². The molecule has 0 saturated heterocycles. The van der Waals surface area contributed by atoms with Crippen molar-refractivity contribution in [1.82, 2.24) is 10.3 Å². The lowest BCUT2D eigenvalue weighted by atomic mass is 10.0. The third-order valence-corrected chi connectivity index (χ3v) is 4.34. The monoisotopic (exact) mass is 379 g/mol. The fourth-order valence-electron chi connectivity index (χ4n) is 3.04. The van der Waals surface area contributed by atoms with Gasteiger partial charge in [0.15, 0.2) is 0 Å². The van der Waals surface area contributed by atoms with Gasteiger partial charge in [0, 0.05) is 41.7 Å². The number of amides is 2. The maximum Gasteiger partial charge on any atom is 0.328 e. The maximum atomic E-state index is 12.7. The van der Waals surface area contributed by atoms with Gasteiger partial charge in [-0.05, 0) is 29.8 Å². The highest BCUT2D eigenvalue weighted by molar-refractivity contribution is 5.99. The molecule has 0 aliphatic rings. The van der Waals surface area contributed by atoms with Gasteiger partial charge in [0.05, 0.1) is 7.11 Å². The normalized spacial score (nSPS) is 11.6. The average Bonchev–Trinajstić information content (AvgIpc) is 3.09. The van der Waals surface area contributed by atoms with Crippen LogP contribution >= 0.6 is 0 Å². The average molecular weight is 379 g/mol. The van der Waals surface area contributed by atoms with E-state index < -0.39 is 17.9 Å². The van der Waals surface area contributed by atoms with Gasteiger partial charge in [0.25, 0.3) is 5.91 Å². The van der Waals surface area contributed by atoms with Gasteiger partial charge in [0.2, 0.25) is 5.91 Å². The number of aromatic amines is 1. The largest absolute Gasteiger partial charge is 0.467 e. The summed E-state index contributed by atoms with van der Waals surface area (Å²) in [5, 5.41) is 6.34. The molecular weight excluding hydrogens is 358 g/mol. The van der Waals surface area contributed by atoms with Crippen LogP contribution in [0.2, 0.25) is 0 Å². The number of methoxy groups -OCH3 is 1. The van der Waals surface area contributed by atoms with Crippen LogP contribution in [0, 0.1) is 0 Å². The highest BCUT2D eigenvalue weighted by atomic mass is 16.5. The Morgan fingerprint density at radius 2 is 1.89 bits per heavy atom. The molecule has 28 heavy (non-hydrogen) atoms. The summed E-state index contributed by atoms with van der Waals surface area (Å²) in [6, 6.07) is 13.4. The van der Waals surface area contributed by atoms with Crippen molar-refractivity contribution in [2.24, 2.45) is 0 Å². The molecule has 0 saturated carbocycles. The molecule has 1 aromatic heterocycles. The Hall–Kier alpha value is -3.61. The van der Waals surface area contributed by atoms with Crippen molar-refractivity contribution in [1.29, 1.82) is 0 Å². The number of hydrogen-bond donors (Lipinski definition) is 3. The molecule has 2 amide bonds. The number of H-pyrrole nitrogens is 1. The van der Waals surface area contributed by atoms with Crippen molar-refractivity contribution in [3.63, 3.8) is 0 Å². The van der Waals surface area contributed by atoms with Gasteiger partial charge >= 0.3 is 5.97 Å². The number of anilines is 1. The van der Waals surface area contributed by atoms with Crippen molar-refractivity contribution in [3.8, 4) is 0 Å². The minimum absolute atomic E-state index is 0.232. The molecule has 0 aliphatic heterocycles. The first-order chi connectivity index (χ1) is 13.5. The van der Waals surface area contributed by atoms with E-state index >= 15 is 0 Å². The van der Waals surface area contributed by atoms with Gasteiger partial charge in [-0.3, -0.25) is 9.59 Å². The summed E-state index contributed by atoms with van der Waals surface area (Å²) in [4.78, 5) is 39.3. The van der Waals surface area contributed by atoms with Gasteiger partial charge in [0.1, 0.15) is 6.04 Å². The highest BCUT2D eigenvalue weighted by Crippen LogP contribution is 2.20. The first-order valence-corrected chi connectivity index (χ1v) is 8.79. The van der Waals surface area contributed by atoms with Gasteiger partial charge in [-0.1, -0.05) is 24.3 Å². The van der Waals surface area contributed by atoms with E-state index in [0.29, 0.717) is 11.3 Å². The van der Waals surface area contributed by atoms with Gasteiger partial charge in [-0.2, -0.15) is 0 Å². The number of fused-ring (bicyclic) bond motifs is 1. The molecule has 2 aromatic carbocycles. The van der Waals surface area contributed by atoms with E-state index in [2.05, 4.69) is 15.6 Å². The third-order valence-electron chi connectivity index (χ3n) is 4.34. The van der Waals surface area contributed by atoms with Crippen LogP contribution < -0.4 is 10.6 Å². The molecule has 1 heterocycles. The minimum atomic E-state index is -0.846. The lowest BCUT2D eigenvalue weighted by Crippen LogP contribution is -2.43. The van der Waals surface area contributed by atoms with Crippen LogP contribution in [0.5, 0.6) is 0 Å². The zero-order chi connectivity index (χ0) is 20.1. The maximum absolute atomic E-state index is 12.7. The summed E-state index contributed by atoms with van der Waals surface area (Å²) in [5.41, 5.74) is 2.69. The van der Waals surface area contributed by atoms with Crippen molar-refractivity contribution < 1.29 is 19.1 Å². The Labute approximate surface area is 162 Å². The smallest absolute Gasteiger partial charge is 0.328 e. The van der Waals surface area contributed by atoms with E-state index in [9.17, 15) is 14.4 Å². The van der Waals surface area contributed by atoms with Crippen molar-refractivity contribution in [2.75, 3.05) is 12.4 Å². The zero-order valence-electron chi connectivity index (χ0n) is 15.6. The summed E-state index contributed by atoms with van der Waals surface area (Å²) in [6.45, 7) is 1.39. The number of ether oxygens (including phenoxy) is 1. The second kappa shape index (κ2) is 8.39. The van der Waals surface area contributed by atoms with E-state index in [4.69, 9.17) is 4.74 Å². The highest BCUT2D eigenvalue weighted by Gasteiger charge is 2.24. The number of carbonyl (C=O) groups is 3. The molecule has 3 N–H and O–H groups in total. The molecule has 0 unspecified atom stereocenters. The minimum Gasteiger partial charge on any atom is -0.467 e. The van der Waals surface area contributed by atoms with E-state index in [1.807, 2.05) is 30.5 Å². The molecule has 3 aromatic rings. The van der Waals surface area contributed by atoms with E-state index in [1.54, 1.807) is 24.3 Å². The Morgan fingerprint density at radius 3 is 2.64 bits per heavy atom. The summed E-state index contributed by atoms with van der Waals surface area (Å²) in [7, 11) is 1.29. The van der Waals surface area contributed by atoms with Crippen molar-refractivity contribution >= 4 is 34.4 Å². The lowest BCUT2D eigenvalue weighted by molar-refractivity contribution is -0.142. The molecule has 1 atom stereocenters. The van der Waals surface area contributed by atoms with Crippen LogP contribution in [0.15, 0.2) is 54.7 Å². The second-order valence-electron chi connectivity index (χ2n) is 6.37. The molecule has 144 valence electrons. The van der Waals surface area contributed by atoms with E-state index in [0.717, 1.165) is 16.5 Å². The molecule has 0 spiro atoms. The number of hydrogen-bond acceptors (Lipinski definition) is 4. The number of carbonyl (C=O) groups excluding carboxylic acids is 3. The predicted molar refractivity (Wildman–Crippen MR) is 106 cm³/mol. The quantitative estimate of drug-likeness (QED) is 0.573. The number of nitrogens with one attached hydrogen (secondary N) is 3. The Bertz CT molecular complexity index is 1030. The zero-order valence-corrected chi connectivity index (χ0v) is 15.6. The fourth-order valence-corrected chi connectivity index (χ4v) is 3.04. The fraction of sp³-hybridized carbons (Fsp3) is 0.190. The van der Waals surface area contributed by atoms with Crippen LogP contribution in [0.4, 0.5) is 5.69 Å². The molecule has 7 heteroatoms. The van der Waals surface area contributed by atoms with Crippen LogP contribution in [0.1, 0.15) is 22.8 Å². The number of rotatable bonds is 6. The van der Waals surface area contributed by atoms with Crippen LogP contribution in [0.25, 0.3) is 10.9 Å². The first-order valence-electron chi connectivity index (χ1n) is 8.79. The summed E-state index contributed by atoms with van der Waals surface area (Å²) in [5.74, 6) is -1.19. The van der Waals surface area contributed by atoms with Crippen molar-refractivity contribution in [2.45, 2.75) is 19.4 Å². The van der Waals surface area contributed by atoms with E-state index in [1.165, 1.54) is 14.0 Å². The Kier molecular flexibility index (Phi) is 5.74. The molecule has 0 bridgehead atoms. The first kappa shape index (κ1) is 19.2. The Balaban J connectivity index is 1.80. The number of esters is 1. The number of benzene rings is 2. The molecule has 3 rings (SSSR count). The Morgan fingerprint density at radius 1 is 1.11 bits per heavy atom. The SMILES string of the molecule is COC(=O)[C@@H](Cc1c[nH]c2ccccc12)NC(=O)c1cccc(NC(C)=O)c1. The molecule has 0 radical (unpaired) electrons. The molecule has 0 aliphatic carbocycles.